The molecule has 250 valence electrons. The highest BCUT2D eigenvalue weighted by molar-refractivity contribution is 6.74. The van der Waals surface area contributed by atoms with Gasteiger partial charge in [-0.25, -0.2) is 0 Å². The molecule has 1 aliphatic rings. The number of allylic oxidation sites excluding steroid dienone is 1. The molecule has 3 aromatic rings. The van der Waals surface area contributed by atoms with Gasteiger partial charge < -0.3 is 28.1 Å². The van der Waals surface area contributed by atoms with Crippen LogP contribution in [0.5, 0.6) is 5.75 Å². The Balaban J connectivity index is 1.35. The summed E-state index contributed by atoms with van der Waals surface area (Å²) in [5.74, 6) is 1.82. The van der Waals surface area contributed by atoms with Gasteiger partial charge in [-0.3, -0.25) is 0 Å². The number of rotatable bonds is 18. The van der Waals surface area contributed by atoms with E-state index in [1.54, 1.807) is 7.11 Å². The first-order valence-electron chi connectivity index (χ1n) is 16.6. The monoisotopic (exact) mass is 646 g/mol. The number of benzene rings is 3. The van der Waals surface area contributed by atoms with Gasteiger partial charge in [-0.05, 0) is 65.9 Å². The van der Waals surface area contributed by atoms with Crippen molar-refractivity contribution in [2.75, 3.05) is 20.3 Å². The second-order valence-corrected chi connectivity index (χ2v) is 18.5. The third-order valence-electron chi connectivity index (χ3n) is 8.86. The van der Waals surface area contributed by atoms with Gasteiger partial charge in [0, 0.05) is 12.8 Å². The first kappa shape index (κ1) is 35.9. The molecule has 7 heteroatoms. The van der Waals surface area contributed by atoms with Gasteiger partial charge in [0.2, 0.25) is 0 Å². The van der Waals surface area contributed by atoms with E-state index in [-0.39, 0.29) is 23.4 Å². The van der Waals surface area contributed by atoms with Gasteiger partial charge in [-0.1, -0.05) is 93.6 Å². The summed E-state index contributed by atoms with van der Waals surface area (Å²) < 4.78 is 37.3. The number of hydrogen-bond donors (Lipinski definition) is 0. The molecule has 0 amide bonds. The quantitative estimate of drug-likeness (QED) is 0.128. The number of methoxy groups -OCH3 is 1. The molecule has 0 unspecified atom stereocenters. The maximum atomic E-state index is 6.88. The Kier molecular flexibility index (Phi) is 13.9. The number of ether oxygens (including phenoxy) is 5. The lowest BCUT2D eigenvalue weighted by Crippen LogP contribution is -2.45. The lowest BCUT2D eigenvalue weighted by atomic mass is 10.0. The Labute approximate surface area is 278 Å². The minimum atomic E-state index is -1.99. The average Bonchev–Trinajstić information content (AvgIpc) is 3.04. The number of hydrogen-bond acceptors (Lipinski definition) is 6. The summed E-state index contributed by atoms with van der Waals surface area (Å²) in [6, 6.07) is 28.6. The Bertz CT molecular complexity index is 1300. The first-order valence-corrected chi connectivity index (χ1v) is 19.5. The molecule has 4 rings (SSSR count). The Morgan fingerprint density at radius 3 is 2.04 bits per heavy atom. The van der Waals surface area contributed by atoms with Crippen molar-refractivity contribution in [3.63, 3.8) is 0 Å². The lowest BCUT2D eigenvalue weighted by Gasteiger charge is -2.39. The Morgan fingerprint density at radius 1 is 0.804 bits per heavy atom. The predicted octanol–water partition coefficient (Wildman–Crippen LogP) is 9.25. The average molecular weight is 647 g/mol. The highest BCUT2D eigenvalue weighted by Crippen LogP contribution is 2.38. The zero-order valence-corrected chi connectivity index (χ0v) is 29.7. The summed E-state index contributed by atoms with van der Waals surface area (Å²) in [5, 5.41) is 0.118. The third-order valence-corrected chi connectivity index (χ3v) is 13.4. The fraction of sp³-hybridized carbons (Fsp3) is 0.487. The molecule has 0 radical (unpaired) electrons. The third kappa shape index (κ3) is 12.0. The van der Waals surface area contributed by atoms with Gasteiger partial charge >= 0.3 is 0 Å². The highest BCUT2D eigenvalue weighted by Gasteiger charge is 2.39. The van der Waals surface area contributed by atoms with E-state index in [1.165, 1.54) is 5.56 Å². The molecule has 1 heterocycles. The molecule has 3 atom stereocenters. The van der Waals surface area contributed by atoms with Crippen molar-refractivity contribution in [1.29, 1.82) is 0 Å². The van der Waals surface area contributed by atoms with Crippen LogP contribution in [-0.4, -0.2) is 47.0 Å². The summed E-state index contributed by atoms with van der Waals surface area (Å²) in [4.78, 5) is 0. The Morgan fingerprint density at radius 2 is 1.41 bits per heavy atom. The van der Waals surface area contributed by atoms with E-state index in [0.29, 0.717) is 33.0 Å². The maximum Gasteiger partial charge on any atom is 0.192 e. The van der Waals surface area contributed by atoms with Crippen molar-refractivity contribution in [2.24, 2.45) is 0 Å². The van der Waals surface area contributed by atoms with Crippen LogP contribution in [0, 0.1) is 0 Å². The van der Waals surface area contributed by atoms with Crippen LogP contribution in [0.3, 0.4) is 0 Å². The predicted molar refractivity (Wildman–Crippen MR) is 187 cm³/mol. The van der Waals surface area contributed by atoms with Gasteiger partial charge in [-0.15, -0.1) is 0 Å². The molecule has 46 heavy (non-hydrogen) atoms. The summed E-state index contributed by atoms with van der Waals surface area (Å²) in [5.41, 5.74) is 3.45. The fourth-order valence-electron chi connectivity index (χ4n) is 5.16. The molecule has 0 fully saturated rings. The molecule has 0 saturated carbocycles. The van der Waals surface area contributed by atoms with E-state index in [2.05, 4.69) is 64.2 Å². The van der Waals surface area contributed by atoms with E-state index in [9.17, 15) is 0 Å². The minimum Gasteiger partial charge on any atom is -0.497 e. The highest BCUT2D eigenvalue weighted by atomic mass is 28.4. The van der Waals surface area contributed by atoms with Crippen LogP contribution in [0.25, 0.3) is 0 Å². The van der Waals surface area contributed by atoms with E-state index < -0.39 is 8.32 Å². The smallest absolute Gasteiger partial charge is 0.192 e. The molecule has 0 bridgehead atoms. The first-order chi connectivity index (χ1) is 22.1. The molecular formula is C39H54O6Si. The van der Waals surface area contributed by atoms with Gasteiger partial charge in [0.05, 0.1) is 58.1 Å². The second kappa shape index (κ2) is 17.8. The lowest BCUT2D eigenvalue weighted by molar-refractivity contribution is -0.0462. The minimum absolute atomic E-state index is 0.0125. The van der Waals surface area contributed by atoms with Crippen molar-refractivity contribution in [1.82, 2.24) is 0 Å². The molecule has 0 N–H and O–H groups in total. The van der Waals surface area contributed by atoms with E-state index in [1.807, 2.05) is 60.7 Å². The normalized spacial score (nSPS) is 17.7. The van der Waals surface area contributed by atoms with E-state index in [0.717, 1.165) is 48.3 Å². The van der Waals surface area contributed by atoms with Gasteiger partial charge in [0.1, 0.15) is 11.9 Å². The van der Waals surface area contributed by atoms with Gasteiger partial charge in [0.15, 0.2) is 8.32 Å². The van der Waals surface area contributed by atoms with Crippen LogP contribution in [0.15, 0.2) is 96.8 Å². The zero-order chi connectivity index (χ0) is 32.8. The van der Waals surface area contributed by atoms with Gasteiger partial charge in [-0.2, -0.15) is 0 Å². The van der Waals surface area contributed by atoms with Crippen molar-refractivity contribution < 1.29 is 28.1 Å². The summed E-state index contributed by atoms with van der Waals surface area (Å²) in [6.07, 6.45) is 5.50. The van der Waals surface area contributed by atoms with Crippen LogP contribution in [0.1, 0.15) is 63.1 Å². The summed E-state index contributed by atoms with van der Waals surface area (Å²) in [6.45, 7) is 14.2. The van der Waals surface area contributed by atoms with Crippen molar-refractivity contribution in [2.45, 2.75) is 103 Å². The van der Waals surface area contributed by atoms with Crippen molar-refractivity contribution in [3.8, 4) is 5.75 Å². The van der Waals surface area contributed by atoms with Crippen LogP contribution < -0.4 is 4.74 Å². The fourth-order valence-corrected chi connectivity index (χ4v) is 6.53. The molecule has 1 aliphatic heterocycles. The van der Waals surface area contributed by atoms with Crippen LogP contribution in [0.4, 0.5) is 0 Å². The molecular weight excluding hydrogens is 593 g/mol. The van der Waals surface area contributed by atoms with E-state index in [4.69, 9.17) is 28.1 Å². The maximum absolute atomic E-state index is 6.88. The second-order valence-electron chi connectivity index (χ2n) is 13.7. The zero-order valence-electron chi connectivity index (χ0n) is 28.7. The van der Waals surface area contributed by atoms with Gasteiger partial charge in [0.25, 0.3) is 0 Å². The molecule has 0 aliphatic carbocycles. The molecule has 6 nitrogen and oxygen atoms in total. The Hall–Kier alpha value is -2.94. The van der Waals surface area contributed by atoms with Crippen LogP contribution in [-0.2, 0) is 43.2 Å². The topological polar surface area (TPSA) is 55.4 Å². The molecule has 0 aromatic heterocycles. The SMILES string of the molecule is COc1ccc(COC[C@H](CCCC2=C[C@H](OCc3ccccc3)C[C@@H](COCc3ccccc3)O2)O[Si](C)(C)C(C)(C)C)cc1. The molecule has 0 spiro atoms. The van der Waals surface area contributed by atoms with Crippen LogP contribution in [0.2, 0.25) is 18.1 Å². The summed E-state index contributed by atoms with van der Waals surface area (Å²) >= 11 is 0. The molecule has 3 aromatic carbocycles. The molecule has 0 saturated heterocycles. The standard InChI is InChI=1S/C39H54O6Si/c1-39(2,3)46(5,6)45-36(29-41-27-33-20-22-34(40-4)23-21-33)19-13-18-35-24-37(43-28-32-16-11-8-12-17-32)25-38(44-35)30-42-26-31-14-9-7-10-15-31/h7-12,14-17,20-24,36-38H,13,18-19,25-30H2,1-6H3/t36-,37-,38-/m0/s1. The van der Waals surface area contributed by atoms with Crippen LogP contribution >= 0.6 is 0 Å². The van der Waals surface area contributed by atoms with E-state index >= 15 is 0 Å². The van der Waals surface area contributed by atoms with Crippen molar-refractivity contribution in [3.05, 3.63) is 113 Å². The summed E-state index contributed by atoms with van der Waals surface area (Å²) in [7, 11) is -0.305. The van der Waals surface area contributed by atoms with Crippen molar-refractivity contribution >= 4 is 8.32 Å². The largest absolute Gasteiger partial charge is 0.497 e.